The van der Waals surface area contributed by atoms with Gasteiger partial charge >= 0.3 is 6.18 Å². The second-order valence-electron chi connectivity index (χ2n) is 4.50. The van der Waals surface area contributed by atoms with Crippen LogP contribution in [0.5, 0.6) is 0 Å². The first-order chi connectivity index (χ1) is 10.8. The maximum atomic E-state index is 13.0. The van der Waals surface area contributed by atoms with Crippen LogP contribution in [0.1, 0.15) is 11.5 Å². The molecule has 0 aliphatic carbocycles. The molecule has 3 heterocycles. The molecule has 0 saturated heterocycles. The number of hydrogen-bond acceptors (Lipinski definition) is 4. The summed E-state index contributed by atoms with van der Waals surface area (Å²) in [5.74, 6) is 0.426. The number of halogens is 5. The van der Waals surface area contributed by atoms with E-state index in [9.17, 15) is 13.2 Å². The second-order valence-corrected chi connectivity index (χ2v) is 6.46. The number of hydrogen-bond donors (Lipinski definition) is 0. The van der Waals surface area contributed by atoms with E-state index in [0.717, 1.165) is 6.20 Å². The lowest BCUT2D eigenvalue weighted by molar-refractivity contribution is -0.140. The fraction of sp³-hybridized carbons (Fsp3) is 0.154. The van der Waals surface area contributed by atoms with E-state index in [1.807, 2.05) is 0 Å². The van der Waals surface area contributed by atoms with E-state index in [2.05, 4.69) is 15.0 Å². The van der Waals surface area contributed by atoms with Crippen LogP contribution in [0.2, 0.25) is 9.36 Å². The van der Waals surface area contributed by atoms with Gasteiger partial charge in [0.2, 0.25) is 0 Å². The van der Waals surface area contributed by atoms with Crippen molar-refractivity contribution in [3.63, 3.8) is 0 Å². The zero-order valence-electron chi connectivity index (χ0n) is 11.2. The highest BCUT2D eigenvalue weighted by molar-refractivity contribution is 7.15. The summed E-state index contributed by atoms with van der Waals surface area (Å²) in [5.41, 5.74) is -0.565. The largest absolute Gasteiger partial charge is 0.434 e. The maximum absolute atomic E-state index is 13.0. The van der Waals surface area contributed by atoms with E-state index < -0.39 is 11.9 Å². The topological polar surface area (TPSA) is 43.6 Å². The minimum atomic E-state index is -4.55. The van der Waals surface area contributed by atoms with Crippen LogP contribution in [0, 0.1) is 0 Å². The van der Waals surface area contributed by atoms with E-state index in [1.165, 1.54) is 28.3 Å². The van der Waals surface area contributed by atoms with Crippen LogP contribution in [0.25, 0.3) is 11.4 Å². The zero-order chi connectivity index (χ0) is 16.6. The summed E-state index contributed by atoms with van der Waals surface area (Å²) in [6, 6.07) is 1.62. The van der Waals surface area contributed by atoms with Crippen molar-refractivity contribution < 1.29 is 13.2 Å². The van der Waals surface area contributed by atoms with Crippen molar-refractivity contribution in [1.29, 1.82) is 0 Å². The van der Waals surface area contributed by atoms with Crippen molar-refractivity contribution >= 4 is 34.5 Å². The molecule has 0 spiro atoms. The molecular formula is C13H7Cl2F3N4S. The Morgan fingerprint density at radius 1 is 1.17 bits per heavy atom. The number of nitrogens with zero attached hydrogens (tertiary/aromatic N) is 4. The van der Waals surface area contributed by atoms with E-state index in [1.54, 1.807) is 11.4 Å². The van der Waals surface area contributed by atoms with Crippen molar-refractivity contribution in [2.24, 2.45) is 0 Å². The van der Waals surface area contributed by atoms with Crippen LogP contribution in [0.15, 0.2) is 30.0 Å². The first-order valence-corrected chi connectivity index (χ1v) is 7.82. The van der Waals surface area contributed by atoms with Gasteiger partial charge in [0.05, 0.1) is 11.6 Å². The highest BCUT2D eigenvalue weighted by atomic mass is 35.5. The van der Waals surface area contributed by atoms with E-state index in [4.69, 9.17) is 23.2 Å². The van der Waals surface area contributed by atoms with Crippen molar-refractivity contribution in [2.75, 3.05) is 0 Å². The Balaban J connectivity index is 2.05. The van der Waals surface area contributed by atoms with Gasteiger partial charge in [0.1, 0.15) is 16.0 Å². The van der Waals surface area contributed by atoms with Gasteiger partial charge in [-0.1, -0.05) is 23.2 Å². The molecule has 4 nitrogen and oxygen atoms in total. The molecule has 23 heavy (non-hydrogen) atoms. The van der Waals surface area contributed by atoms with Crippen molar-refractivity contribution in [3.8, 4) is 11.4 Å². The summed E-state index contributed by atoms with van der Waals surface area (Å²) in [5, 5.41) is 2.03. The van der Waals surface area contributed by atoms with Crippen molar-refractivity contribution in [3.05, 3.63) is 50.9 Å². The van der Waals surface area contributed by atoms with Crippen molar-refractivity contribution in [2.45, 2.75) is 12.7 Å². The molecule has 0 aliphatic heterocycles. The summed E-state index contributed by atoms with van der Waals surface area (Å²) in [6.45, 7) is 0.0156. The molecule has 0 aliphatic rings. The highest BCUT2D eigenvalue weighted by Crippen LogP contribution is 2.35. The zero-order valence-corrected chi connectivity index (χ0v) is 13.5. The summed E-state index contributed by atoms with van der Waals surface area (Å²) in [7, 11) is 0. The van der Waals surface area contributed by atoms with E-state index in [0.29, 0.717) is 20.7 Å². The Hall–Kier alpha value is -1.64. The van der Waals surface area contributed by atoms with Gasteiger partial charge in [-0.15, -0.1) is 11.3 Å². The number of aromatic nitrogens is 4. The molecule has 3 aromatic heterocycles. The third-order valence-electron chi connectivity index (χ3n) is 2.91. The molecular weight excluding hydrogens is 372 g/mol. The number of alkyl halides is 3. The Kier molecular flexibility index (Phi) is 4.31. The first kappa shape index (κ1) is 16.2. The Labute approximate surface area is 142 Å². The molecule has 0 saturated carbocycles. The molecule has 0 fully saturated rings. The second kappa shape index (κ2) is 6.10. The molecule has 0 unspecified atom stereocenters. The van der Waals surface area contributed by atoms with Gasteiger partial charge in [-0.25, -0.2) is 15.0 Å². The first-order valence-electron chi connectivity index (χ1n) is 6.19. The lowest BCUT2D eigenvalue weighted by Crippen LogP contribution is -2.06. The molecule has 120 valence electrons. The lowest BCUT2D eigenvalue weighted by Gasteiger charge is -2.06. The van der Waals surface area contributed by atoms with Crippen LogP contribution < -0.4 is 0 Å². The van der Waals surface area contributed by atoms with Gasteiger partial charge in [0.15, 0.2) is 5.69 Å². The molecule has 0 bridgehead atoms. The Morgan fingerprint density at radius 3 is 2.43 bits per heavy atom. The Morgan fingerprint density at radius 2 is 1.87 bits per heavy atom. The van der Waals surface area contributed by atoms with Crippen LogP contribution in [-0.4, -0.2) is 19.5 Å². The summed E-state index contributed by atoms with van der Waals surface area (Å²) in [6.07, 6.45) is -0.879. The van der Waals surface area contributed by atoms with Gasteiger partial charge in [-0.3, -0.25) is 0 Å². The molecule has 3 rings (SSSR count). The van der Waals surface area contributed by atoms with Crippen LogP contribution in [0.3, 0.4) is 0 Å². The summed E-state index contributed by atoms with van der Waals surface area (Å²) in [4.78, 5) is 11.7. The van der Waals surface area contributed by atoms with Gasteiger partial charge in [-0.05, 0) is 11.4 Å². The van der Waals surface area contributed by atoms with Crippen LogP contribution in [-0.2, 0) is 12.7 Å². The van der Waals surface area contributed by atoms with Gasteiger partial charge in [0, 0.05) is 24.2 Å². The third-order valence-corrected chi connectivity index (χ3v) is 4.28. The molecule has 0 amide bonds. The fourth-order valence-electron chi connectivity index (χ4n) is 1.91. The average molecular weight is 379 g/mol. The van der Waals surface area contributed by atoms with E-state index >= 15 is 0 Å². The minimum absolute atomic E-state index is 0.0156. The predicted molar refractivity (Wildman–Crippen MR) is 81.7 cm³/mol. The molecule has 0 N–H and O–H groups in total. The number of imidazole rings is 1. The predicted octanol–water partition coefficient (Wildman–Crippen LogP) is 4.78. The molecule has 3 aromatic rings. The standard InChI is InChI=1S/C13H7Cl2F3N4S/c14-7-3-19-10(20-4-7)6-22-5-9(13(16,17)18)21-12(22)8-1-2-23-11(8)15/h1-5H,6H2. The monoisotopic (exact) mass is 378 g/mol. The SMILES string of the molecule is FC(F)(F)c1cn(Cc2ncc(Cl)cn2)c(-c2ccsc2Cl)n1. The van der Waals surface area contributed by atoms with Gasteiger partial charge in [0.25, 0.3) is 0 Å². The number of thiophene rings is 1. The number of rotatable bonds is 3. The quantitative estimate of drug-likeness (QED) is 0.658. The molecule has 10 heteroatoms. The molecule has 0 radical (unpaired) electrons. The van der Waals surface area contributed by atoms with Crippen molar-refractivity contribution in [1.82, 2.24) is 19.5 Å². The lowest BCUT2D eigenvalue weighted by atomic mass is 10.3. The highest BCUT2D eigenvalue weighted by Gasteiger charge is 2.35. The third kappa shape index (κ3) is 3.49. The Bertz CT molecular complexity index is 827. The molecule has 0 atom stereocenters. The summed E-state index contributed by atoms with van der Waals surface area (Å²) >= 11 is 12.9. The molecule has 0 aromatic carbocycles. The average Bonchev–Trinajstić information content (AvgIpc) is 3.07. The summed E-state index contributed by atoms with van der Waals surface area (Å²) < 4.78 is 40.6. The minimum Gasteiger partial charge on any atom is -0.323 e. The smallest absolute Gasteiger partial charge is 0.323 e. The normalized spacial score (nSPS) is 11.9. The van der Waals surface area contributed by atoms with Gasteiger partial charge < -0.3 is 4.57 Å². The maximum Gasteiger partial charge on any atom is 0.434 e. The van der Waals surface area contributed by atoms with Crippen LogP contribution in [0.4, 0.5) is 13.2 Å². The fourth-order valence-corrected chi connectivity index (χ4v) is 2.92. The van der Waals surface area contributed by atoms with Gasteiger partial charge in [-0.2, -0.15) is 13.2 Å². The van der Waals surface area contributed by atoms with E-state index in [-0.39, 0.29) is 12.4 Å². The van der Waals surface area contributed by atoms with Crippen LogP contribution >= 0.6 is 34.5 Å².